The van der Waals surface area contributed by atoms with Gasteiger partial charge in [0.25, 0.3) is 6.47 Å². The fourth-order valence-corrected chi connectivity index (χ4v) is 1.46. The molecule has 2 atom stereocenters. The molecule has 0 bridgehead atoms. The van der Waals surface area contributed by atoms with Crippen LogP contribution in [0, 0.1) is 11.3 Å². The summed E-state index contributed by atoms with van der Waals surface area (Å²) < 4.78 is 9.27. The van der Waals surface area contributed by atoms with E-state index in [1.807, 2.05) is 13.8 Å². The smallest absolute Gasteiger partial charge is 0.313 e. The van der Waals surface area contributed by atoms with Gasteiger partial charge in [-0.15, -0.1) is 0 Å². The van der Waals surface area contributed by atoms with Gasteiger partial charge >= 0.3 is 5.97 Å². The van der Waals surface area contributed by atoms with E-state index in [1.165, 1.54) is 7.11 Å². The lowest BCUT2D eigenvalue weighted by Crippen LogP contribution is -2.08. The molecule has 0 N–H and O–H groups in total. The molecule has 1 rings (SSSR count). The fraction of sp³-hybridized carbons (Fsp3) is 0.750. The van der Waals surface area contributed by atoms with Gasteiger partial charge in [-0.05, 0) is 0 Å². The molecule has 0 radical (unpaired) electrons. The molecule has 0 heterocycles. The van der Waals surface area contributed by atoms with Crippen LogP contribution in [0.1, 0.15) is 13.8 Å². The first-order chi connectivity index (χ1) is 5.55. The van der Waals surface area contributed by atoms with Crippen LogP contribution in [-0.2, 0) is 19.1 Å². The van der Waals surface area contributed by atoms with Gasteiger partial charge in [-0.3, -0.25) is 9.59 Å². The lowest BCUT2D eigenvalue weighted by molar-refractivity contribution is -0.144. The van der Waals surface area contributed by atoms with Crippen LogP contribution < -0.4 is 0 Å². The Kier molecular flexibility index (Phi) is 2.08. The van der Waals surface area contributed by atoms with Gasteiger partial charge in [0.05, 0.1) is 7.11 Å². The van der Waals surface area contributed by atoms with Crippen LogP contribution >= 0.6 is 0 Å². The van der Waals surface area contributed by atoms with Gasteiger partial charge < -0.3 is 9.47 Å². The largest absolute Gasteiger partial charge is 0.469 e. The van der Waals surface area contributed by atoms with Gasteiger partial charge in [0.2, 0.25) is 0 Å². The number of hydrogen-bond acceptors (Lipinski definition) is 4. The van der Waals surface area contributed by atoms with Gasteiger partial charge in [0, 0.05) is 5.41 Å². The number of esters is 1. The molecule has 4 heteroatoms. The Bertz CT molecular complexity index is 209. The molecule has 0 amide bonds. The third-order valence-corrected chi connectivity index (χ3v) is 2.39. The molecule has 0 saturated heterocycles. The Balaban J connectivity index is 2.59. The Hall–Kier alpha value is -1.06. The summed E-state index contributed by atoms with van der Waals surface area (Å²) in [4.78, 5) is 21.1. The van der Waals surface area contributed by atoms with Crippen molar-refractivity contribution in [3.63, 3.8) is 0 Å². The second-order valence-electron chi connectivity index (χ2n) is 3.48. The molecule has 2 unspecified atom stereocenters. The average molecular weight is 172 g/mol. The lowest BCUT2D eigenvalue weighted by Gasteiger charge is -1.97. The molecule has 68 valence electrons. The van der Waals surface area contributed by atoms with Gasteiger partial charge in [-0.1, -0.05) is 13.8 Å². The molecule has 0 aromatic heterocycles. The van der Waals surface area contributed by atoms with Crippen molar-refractivity contribution in [3.05, 3.63) is 0 Å². The molecule has 0 spiro atoms. The van der Waals surface area contributed by atoms with Crippen LogP contribution in [0.2, 0.25) is 0 Å². The Morgan fingerprint density at radius 1 is 1.50 bits per heavy atom. The summed E-state index contributed by atoms with van der Waals surface area (Å²) in [5, 5.41) is 0. The minimum absolute atomic E-state index is 0.270. The highest BCUT2D eigenvalue weighted by Gasteiger charge is 2.65. The highest BCUT2D eigenvalue weighted by Crippen LogP contribution is 2.54. The van der Waals surface area contributed by atoms with Crippen LogP contribution in [0.5, 0.6) is 0 Å². The zero-order valence-electron chi connectivity index (χ0n) is 7.37. The van der Waals surface area contributed by atoms with Crippen molar-refractivity contribution in [1.29, 1.82) is 0 Å². The second-order valence-corrected chi connectivity index (χ2v) is 3.48. The third-order valence-electron chi connectivity index (χ3n) is 2.39. The van der Waals surface area contributed by atoms with E-state index in [1.54, 1.807) is 0 Å². The van der Waals surface area contributed by atoms with E-state index in [0.717, 1.165) is 0 Å². The molecule has 1 aliphatic carbocycles. The van der Waals surface area contributed by atoms with Crippen molar-refractivity contribution in [2.75, 3.05) is 7.11 Å². The van der Waals surface area contributed by atoms with E-state index in [2.05, 4.69) is 4.74 Å². The first kappa shape index (κ1) is 9.03. The molecule has 1 fully saturated rings. The van der Waals surface area contributed by atoms with Crippen LogP contribution in [0.25, 0.3) is 0 Å². The third kappa shape index (κ3) is 1.17. The number of ether oxygens (including phenoxy) is 2. The van der Waals surface area contributed by atoms with Crippen LogP contribution in [-0.4, -0.2) is 25.7 Å². The number of rotatable bonds is 3. The summed E-state index contributed by atoms with van der Waals surface area (Å²) in [6.07, 6.45) is -0.317. The van der Waals surface area contributed by atoms with E-state index in [-0.39, 0.29) is 23.4 Å². The Morgan fingerprint density at radius 2 is 2.08 bits per heavy atom. The van der Waals surface area contributed by atoms with Crippen LogP contribution in [0.3, 0.4) is 0 Å². The first-order valence-corrected chi connectivity index (χ1v) is 3.72. The van der Waals surface area contributed by atoms with Crippen LogP contribution in [0.15, 0.2) is 0 Å². The minimum atomic E-state index is -0.317. The standard InChI is InChI=1S/C8H12O4/c1-8(2)5(7(10)11-3)6(8)12-4-9/h4-6H,1-3H3. The predicted molar refractivity (Wildman–Crippen MR) is 40.2 cm³/mol. The second kappa shape index (κ2) is 2.77. The van der Waals surface area contributed by atoms with E-state index in [9.17, 15) is 9.59 Å². The quantitative estimate of drug-likeness (QED) is 0.455. The number of carbonyl (C=O) groups is 2. The predicted octanol–water partition coefficient (Wildman–Crippen LogP) is 0.357. The first-order valence-electron chi connectivity index (χ1n) is 3.72. The Labute approximate surface area is 70.8 Å². The van der Waals surface area contributed by atoms with Crippen molar-refractivity contribution in [3.8, 4) is 0 Å². The van der Waals surface area contributed by atoms with Crippen molar-refractivity contribution < 1.29 is 19.1 Å². The molecule has 0 aliphatic heterocycles. The molecule has 0 aromatic rings. The van der Waals surface area contributed by atoms with Gasteiger partial charge in [-0.25, -0.2) is 0 Å². The van der Waals surface area contributed by atoms with Crippen molar-refractivity contribution >= 4 is 12.4 Å². The summed E-state index contributed by atoms with van der Waals surface area (Å²) in [7, 11) is 1.33. The lowest BCUT2D eigenvalue weighted by atomic mass is 10.1. The summed E-state index contributed by atoms with van der Waals surface area (Å²) in [5.41, 5.74) is -0.270. The number of hydrogen-bond donors (Lipinski definition) is 0. The molecular weight excluding hydrogens is 160 g/mol. The Morgan fingerprint density at radius 3 is 2.50 bits per heavy atom. The molecule has 0 aromatic carbocycles. The maximum absolute atomic E-state index is 11.1. The zero-order chi connectivity index (χ0) is 9.35. The van der Waals surface area contributed by atoms with E-state index >= 15 is 0 Å². The van der Waals surface area contributed by atoms with Crippen LogP contribution in [0.4, 0.5) is 0 Å². The van der Waals surface area contributed by atoms with Crippen molar-refractivity contribution in [2.24, 2.45) is 11.3 Å². The van der Waals surface area contributed by atoms with Gasteiger partial charge in [0.15, 0.2) is 0 Å². The average Bonchev–Trinajstić information content (AvgIpc) is 2.53. The zero-order valence-corrected chi connectivity index (χ0v) is 7.37. The molecule has 12 heavy (non-hydrogen) atoms. The summed E-state index contributed by atoms with van der Waals surface area (Å²) >= 11 is 0. The SMILES string of the molecule is COC(=O)C1C(OC=O)C1(C)C. The number of carbonyl (C=O) groups excluding carboxylic acids is 2. The van der Waals surface area contributed by atoms with Crippen molar-refractivity contribution in [1.82, 2.24) is 0 Å². The highest BCUT2D eigenvalue weighted by atomic mass is 16.6. The van der Waals surface area contributed by atoms with Gasteiger partial charge in [-0.2, -0.15) is 0 Å². The monoisotopic (exact) mass is 172 g/mol. The minimum Gasteiger partial charge on any atom is -0.469 e. The number of methoxy groups -OCH3 is 1. The molecule has 4 nitrogen and oxygen atoms in total. The maximum Gasteiger partial charge on any atom is 0.313 e. The van der Waals surface area contributed by atoms with E-state index < -0.39 is 0 Å². The van der Waals surface area contributed by atoms with E-state index in [0.29, 0.717) is 6.47 Å². The van der Waals surface area contributed by atoms with Gasteiger partial charge in [0.1, 0.15) is 12.0 Å². The topological polar surface area (TPSA) is 52.6 Å². The summed E-state index contributed by atoms with van der Waals surface area (Å²) in [6.45, 7) is 4.10. The summed E-state index contributed by atoms with van der Waals surface area (Å²) in [6, 6.07) is 0. The van der Waals surface area contributed by atoms with Crippen molar-refractivity contribution in [2.45, 2.75) is 20.0 Å². The highest BCUT2D eigenvalue weighted by molar-refractivity contribution is 5.78. The molecule has 1 saturated carbocycles. The maximum atomic E-state index is 11.1. The summed E-state index contributed by atoms with van der Waals surface area (Å²) in [5.74, 6) is -0.612. The normalized spacial score (nSPS) is 30.6. The van der Waals surface area contributed by atoms with E-state index in [4.69, 9.17) is 4.74 Å². The fourth-order valence-electron chi connectivity index (χ4n) is 1.46. The molecular formula is C8H12O4. The molecule has 1 aliphatic rings.